The minimum Gasteiger partial charge on any atom is -0.396 e. The molecule has 1 aromatic heterocycles. The Hall–Kier alpha value is -2.32. The Morgan fingerprint density at radius 3 is 1.57 bits per heavy atom. The van der Waals surface area contributed by atoms with Gasteiger partial charge in [-0.25, -0.2) is 0 Å². The van der Waals surface area contributed by atoms with E-state index in [1.54, 1.807) is 0 Å². The fraction of sp³-hybridized carbons (Fsp3) is 0.158. The van der Waals surface area contributed by atoms with E-state index in [1.165, 1.54) is 22.5 Å². The van der Waals surface area contributed by atoms with Crippen molar-refractivity contribution in [3.05, 3.63) is 72.8 Å². The zero-order chi connectivity index (χ0) is 14.5. The van der Waals surface area contributed by atoms with Crippen LogP contribution >= 0.6 is 0 Å². The maximum absolute atomic E-state index is 9.17. The van der Waals surface area contributed by atoms with Gasteiger partial charge < -0.3 is 9.67 Å². The third kappa shape index (κ3) is 2.91. The van der Waals surface area contributed by atoms with E-state index in [0.29, 0.717) is 0 Å². The van der Waals surface area contributed by atoms with E-state index < -0.39 is 0 Å². The van der Waals surface area contributed by atoms with Gasteiger partial charge in [0.25, 0.3) is 0 Å². The number of hydrogen-bond donors (Lipinski definition) is 1. The lowest BCUT2D eigenvalue weighted by Gasteiger charge is -2.13. The molecule has 1 N–H and O–H groups in total. The van der Waals surface area contributed by atoms with Crippen LogP contribution in [0.2, 0.25) is 0 Å². The number of benzene rings is 2. The van der Waals surface area contributed by atoms with Crippen LogP contribution in [0.1, 0.15) is 6.42 Å². The van der Waals surface area contributed by atoms with Gasteiger partial charge in [0, 0.05) is 24.5 Å². The Balaban J connectivity index is 2.07. The first-order valence-electron chi connectivity index (χ1n) is 7.31. The van der Waals surface area contributed by atoms with Gasteiger partial charge in [-0.2, -0.15) is 0 Å². The van der Waals surface area contributed by atoms with Gasteiger partial charge in [-0.1, -0.05) is 60.7 Å². The van der Waals surface area contributed by atoms with Crippen LogP contribution in [0.5, 0.6) is 0 Å². The molecule has 3 rings (SSSR count). The lowest BCUT2D eigenvalue weighted by molar-refractivity contribution is 0.280. The van der Waals surface area contributed by atoms with Gasteiger partial charge in [0.05, 0.1) is 0 Å². The summed E-state index contributed by atoms with van der Waals surface area (Å²) in [5, 5.41) is 9.17. The van der Waals surface area contributed by atoms with E-state index in [2.05, 4.69) is 65.2 Å². The fourth-order valence-electron chi connectivity index (χ4n) is 2.66. The van der Waals surface area contributed by atoms with Gasteiger partial charge in [-0.3, -0.25) is 0 Å². The molecule has 2 aromatic carbocycles. The van der Waals surface area contributed by atoms with Crippen LogP contribution in [-0.4, -0.2) is 16.3 Å². The van der Waals surface area contributed by atoms with Crippen LogP contribution in [0.3, 0.4) is 0 Å². The molecule has 106 valence electrons. The van der Waals surface area contributed by atoms with E-state index in [9.17, 15) is 5.11 Å². The van der Waals surface area contributed by atoms with Crippen molar-refractivity contribution in [2.24, 2.45) is 0 Å². The van der Waals surface area contributed by atoms with Crippen LogP contribution in [-0.2, 0) is 6.54 Å². The monoisotopic (exact) mass is 277 g/mol. The third-order valence-corrected chi connectivity index (χ3v) is 3.66. The minimum atomic E-state index is 0.209. The molecule has 0 aliphatic heterocycles. The van der Waals surface area contributed by atoms with E-state index in [-0.39, 0.29) is 6.61 Å². The molecule has 0 unspecified atom stereocenters. The molecule has 0 bridgehead atoms. The Morgan fingerprint density at radius 1 is 0.667 bits per heavy atom. The molecule has 1 heterocycles. The predicted molar refractivity (Wildman–Crippen MR) is 87.0 cm³/mol. The van der Waals surface area contributed by atoms with Crippen LogP contribution in [0, 0.1) is 0 Å². The largest absolute Gasteiger partial charge is 0.396 e. The number of aliphatic hydroxyl groups excluding tert-OH is 1. The highest BCUT2D eigenvalue weighted by atomic mass is 16.3. The van der Waals surface area contributed by atoms with Crippen LogP contribution in [0.4, 0.5) is 0 Å². The second-order valence-electron chi connectivity index (χ2n) is 5.06. The number of rotatable bonds is 5. The molecule has 0 fully saturated rings. The average Bonchev–Trinajstić information content (AvgIpc) is 2.98. The summed E-state index contributed by atoms with van der Waals surface area (Å²) in [6, 6.07) is 25.1. The second kappa shape index (κ2) is 6.42. The molecule has 0 saturated carbocycles. The lowest BCUT2D eigenvalue weighted by atomic mass is 10.1. The molecule has 0 aliphatic rings. The van der Waals surface area contributed by atoms with Gasteiger partial charge >= 0.3 is 0 Å². The van der Waals surface area contributed by atoms with Gasteiger partial charge in [0.1, 0.15) is 0 Å². The summed E-state index contributed by atoms with van der Waals surface area (Å²) in [6.07, 6.45) is 0.758. The smallest absolute Gasteiger partial charge is 0.0485 e. The van der Waals surface area contributed by atoms with Crippen molar-refractivity contribution in [1.29, 1.82) is 0 Å². The van der Waals surface area contributed by atoms with Crippen molar-refractivity contribution in [1.82, 2.24) is 4.57 Å². The molecule has 0 spiro atoms. The molecule has 0 radical (unpaired) electrons. The highest BCUT2D eigenvalue weighted by Gasteiger charge is 2.10. The summed E-state index contributed by atoms with van der Waals surface area (Å²) in [5.41, 5.74) is 4.81. The van der Waals surface area contributed by atoms with Gasteiger partial charge in [0.2, 0.25) is 0 Å². The van der Waals surface area contributed by atoms with Crippen molar-refractivity contribution < 1.29 is 5.11 Å². The molecule has 0 amide bonds. The first kappa shape index (κ1) is 13.7. The molecule has 21 heavy (non-hydrogen) atoms. The molecule has 0 atom stereocenters. The number of aromatic nitrogens is 1. The zero-order valence-electron chi connectivity index (χ0n) is 11.9. The summed E-state index contributed by atoms with van der Waals surface area (Å²) in [4.78, 5) is 0. The Bertz CT molecular complexity index is 629. The molecule has 0 aliphatic carbocycles. The molecule has 2 heteroatoms. The minimum absolute atomic E-state index is 0.209. The Morgan fingerprint density at radius 2 is 1.14 bits per heavy atom. The van der Waals surface area contributed by atoms with Crippen molar-refractivity contribution in [3.63, 3.8) is 0 Å². The standard InChI is InChI=1S/C19H19NO/c21-15-7-14-20-18(16-8-3-1-4-9-16)12-13-19(20)17-10-5-2-6-11-17/h1-6,8-13,21H,7,14-15H2. The van der Waals surface area contributed by atoms with Crippen molar-refractivity contribution in [3.8, 4) is 22.5 Å². The molecular weight excluding hydrogens is 258 g/mol. The Kier molecular flexibility index (Phi) is 4.17. The van der Waals surface area contributed by atoms with Gasteiger partial charge in [-0.05, 0) is 29.7 Å². The number of aliphatic hydroxyl groups is 1. The maximum atomic E-state index is 9.17. The molecule has 2 nitrogen and oxygen atoms in total. The topological polar surface area (TPSA) is 25.2 Å². The van der Waals surface area contributed by atoms with E-state index >= 15 is 0 Å². The first-order chi connectivity index (χ1) is 10.4. The second-order valence-corrected chi connectivity index (χ2v) is 5.06. The number of hydrogen-bond acceptors (Lipinski definition) is 1. The molecular formula is C19H19NO. The van der Waals surface area contributed by atoms with Crippen molar-refractivity contribution >= 4 is 0 Å². The highest BCUT2D eigenvalue weighted by molar-refractivity contribution is 5.69. The summed E-state index contributed by atoms with van der Waals surface area (Å²) < 4.78 is 2.29. The SMILES string of the molecule is OCCCn1c(-c2ccccc2)ccc1-c1ccccc1. The quantitative estimate of drug-likeness (QED) is 0.742. The van der Waals surface area contributed by atoms with Gasteiger partial charge in [0.15, 0.2) is 0 Å². The number of nitrogens with zero attached hydrogens (tertiary/aromatic N) is 1. The van der Waals surface area contributed by atoms with E-state index in [4.69, 9.17) is 0 Å². The van der Waals surface area contributed by atoms with Crippen molar-refractivity contribution in [2.45, 2.75) is 13.0 Å². The fourth-order valence-corrected chi connectivity index (χ4v) is 2.66. The molecule has 0 saturated heterocycles. The third-order valence-electron chi connectivity index (χ3n) is 3.66. The summed E-state index contributed by atoms with van der Waals surface area (Å²) >= 11 is 0. The average molecular weight is 277 g/mol. The van der Waals surface area contributed by atoms with E-state index in [1.807, 2.05) is 12.1 Å². The maximum Gasteiger partial charge on any atom is 0.0485 e. The van der Waals surface area contributed by atoms with Crippen LogP contribution in [0.15, 0.2) is 72.8 Å². The lowest BCUT2D eigenvalue weighted by Crippen LogP contribution is -2.04. The highest BCUT2D eigenvalue weighted by Crippen LogP contribution is 2.29. The summed E-state index contributed by atoms with van der Waals surface area (Å²) in [6.45, 7) is 1.03. The normalized spacial score (nSPS) is 10.7. The summed E-state index contributed by atoms with van der Waals surface area (Å²) in [5.74, 6) is 0. The van der Waals surface area contributed by atoms with Crippen LogP contribution in [0.25, 0.3) is 22.5 Å². The Labute approximate surface area is 125 Å². The summed E-state index contributed by atoms with van der Waals surface area (Å²) in [7, 11) is 0. The first-order valence-corrected chi connectivity index (χ1v) is 7.31. The van der Waals surface area contributed by atoms with Gasteiger partial charge in [-0.15, -0.1) is 0 Å². The predicted octanol–water partition coefficient (Wildman–Crippen LogP) is 4.20. The molecule has 3 aromatic rings. The van der Waals surface area contributed by atoms with E-state index in [0.717, 1.165) is 13.0 Å². The van der Waals surface area contributed by atoms with Crippen molar-refractivity contribution in [2.75, 3.05) is 6.61 Å². The van der Waals surface area contributed by atoms with Crippen LogP contribution < -0.4 is 0 Å². The zero-order valence-corrected chi connectivity index (χ0v) is 11.9.